The molecule has 0 saturated carbocycles. The van der Waals surface area contributed by atoms with E-state index in [4.69, 9.17) is 0 Å². The molecule has 1 saturated heterocycles. The van der Waals surface area contributed by atoms with E-state index in [0.717, 1.165) is 5.69 Å². The first-order valence-electron chi connectivity index (χ1n) is 7.35. The summed E-state index contributed by atoms with van der Waals surface area (Å²) in [6.45, 7) is 6.38. The number of nitrogens with one attached hydrogen (secondary N) is 1. The maximum Gasteiger partial charge on any atom is 0.266 e. The van der Waals surface area contributed by atoms with Crippen LogP contribution >= 0.6 is 0 Å². The maximum absolute atomic E-state index is 12.6. The third-order valence-electron chi connectivity index (χ3n) is 4.01. The highest BCUT2D eigenvalue weighted by Gasteiger charge is 2.39. The van der Waals surface area contributed by atoms with Crippen molar-refractivity contribution in [1.29, 1.82) is 0 Å². The van der Waals surface area contributed by atoms with E-state index in [9.17, 15) is 13.2 Å². The highest BCUT2D eigenvalue weighted by atomic mass is 32.2. The van der Waals surface area contributed by atoms with Crippen molar-refractivity contribution in [3.8, 4) is 0 Å². The quantitative estimate of drug-likeness (QED) is 0.859. The Hall–Kier alpha value is -2.00. The van der Waals surface area contributed by atoms with E-state index in [1.54, 1.807) is 19.9 Å². The predicted molar refractivity (Wildman–Crippen MR) is 83.5 cm³/mol. The van der Waals surface area contributed by atoms with E-state index in [-0.39, 0.29) is 16.4 Å². The number of aromatic amines is 1. The average Bonchev–Trinajstić information content (AvgIpc) is 2.77. The van der Waals surface area contributed by atoms with Gasteiger partial charge in [-0.1, -0.05) is 0 Å². The standard InChI is InChI=1S/C14H19N5O3S/c1-9-4-5-13(20)19(17-9)8-12-6-18(7-12)23(21,22)14-10(2)15-16-11(14)3/h4-5,12H,6-8H2,1-3H3,(H,15,16). The second kappa shape index (κ2) is 5.57. The highest BCUT2D eigenvalue weighted by Crippen LogP contribution is 2.28. The summed E-state index contributed by atoms with van der Waals surface area (Å²) in [4.78, 5) is 12.0. The van der Waals surface area contributed by atoms with E-state index < -0.39 is 10.0 Å². The SMILES string of the molecule is Cc1ccc(=O)n(CC2CN(S(=O)(=O)c3c(C)n[nH]c3C)C2)n1. The molecule has 2 aromatic heterocycles. The normalized spacial score (nSPS) is 16.5. The molecular weight excluding hydrogens is 318 g/mol. The summed E-state index contributed by atoms with van der Waals surface area (Å²) in [5.41, 5.74) is 1.61. The molecule has 8 nitrogen and oxygen atoms in total. The van der Waals surface area contributed by atoms with Gasteiger partial charge in [0.1, 0.15) is 4.90 Å². The number of nitrogens with zero attached hydrogens (tertiary/aromatic N) is 4. The lowest BCUT2D eigenvalue weighted by Gasteiger charge is -2.38. The molecule has 0 atom stereocenters. The summed E-state index contributed by atoms with van der Waals surface area (Å²) >= 11 is 0. The number of H-pyrrole nitrogens is 1. The molecule has 1 N–H and O–H groups in total. The maximum atomic E-state index is 12.6. The van der Waals surface area contributed by atoms with Gasteiger partial charge in [-0.25, -0.2) is 13.1 Å². The monoisotopic (exact) mass is 337 g/mol. The Balaban J connectivity index is 1.72. The molecular formula is C14H19N5O3S. The molecule has 1 aliphatic heterocycles. The molecule has 3 heterocycles. The molecule has 1 aliphatic rings. The molecule has 3 rings (SSSR count). The highest BCUT2D eigenvalue weighted by molar-refractivity contribution is 7.89. The Morgan fingerprint density at radius 2 is 1.96 bits per heavy atom. The van der Waals surface area contributed by atoms with Gasteiger partial charge in [0.05, 0.1) is 23.6 Å². The second-order valence-electron chi connectivity index (χ2n) is 5.95. The average molecular weight is 337 g/mol. The second-order valence-corrected chi connectivity index (χ2v) is 7.82. The lowest BCUT2D eigenvalue weighted by Crippen LogP contribution is -2.52. The Labute approximate surface area is 134 Å². The molecule has 0 aromatic carbocycles. The Morgan fingerprint density at radius 3 is 2.57 bits per heavy atom. The van der Waals surface area contributed by atoms with Crippen LogP contribution in [0.25, 0.3) is 0 Å². The van der Waals surface area contributed by atoms with Crippen LogP contribution in [0.2, 0.25) is 0 Å². The number of hydrogen-bond donors (Lipinski definition) is 1. The first-order chi connectivity index (χ1) is 10.8. The van der Waals surface area contributed by atoms with Crippen LogP contribution in [-0.4, -0.2) is 45.8 Å². The first-order valence-corrected chi connectivity index (χ1v) is 8.79. The summed E-state index contributed by atoms with van der Waals surface area (Å²) in [7, 11) is -3.53. The first kappa shape index (κ1) is 15.9. The molecule has 0 unspecified atom stereocenters. The van der Waals surface area contributed by atoms with Gasteiger partial charge in [0.15, 0.2) is 0 Å². The largest absolute Gasteiger partial charge is 0.281 e. The van der Waals surface area contributed by atoms with E-state index in [1.165, 1.54) is 15.1 Å². The molecule has 2 aromatic rings. The van der Waals surface area contributed by atoms with Crippen LogP contribution in [-0.2, 0) is 16.6 Å². The van der Waals surface area contributed by atoms with E-state index in [2.05, 4.69) is 15.3 Å². The topological polar surface area (TPSA) is 101 Å². The minimum Gasteiger partial charge on any atom is -0.281 e. The lowest BCUT2D eigenvalue weighted by atomic mass is 10.0. The molecule has 124 valence electrons. The van der Waals surface area contributed by atoms with Gasteiger partial charge in [-0.3, -0.25) is 9.89 Å². The summed E-state index contributed by atoms with van der Waals surface area (Å²) in [6, 6.07) is 3.15. The minimum atomic E-state index is -3.53. The van der Waals surface area contributed by atoms with E-state index >= 15 is 0 Å². The van der Waals surface area contributed by atoms with E-state index in [0.29, 0.717) is 31.0 Å². The van der Waals surface area contributed by atoms with E-state index in [1.807, 2.05) is 6.92 Å². The van der Waals surface area contributed by atoms with Gasteiger partial charge in [-0.2, -0.15) is 14.5 Å². The summed E-state index contributed by atoms with van der Waals surface area (Å²) < 4.78 is 28.1. The molecule has 0 bridgehead atoms. The van der Waals surface area contributed by atoms with Crippen LogP contribution in [0.1, 0.15) is 17.1 Å². The van der Waals surface area contributed by atoms with Crippen LogP contribution < -0.4 is 5.56 Å². The van der Waals surface area contributed by atoms with Crippen LogP contribution in [0.15, 0.2) is 21.8 Å². The molecule has 1 fully saturated rings. The predicted octanol–water partition coefficient (Wildman–Crippen LogP) is 0.212. The number of hydrogen-bond acceptors (Lipinski definition) is 5. The van der Waals surface area contributed by atoms with Crippen LogP contribution in [0.4, 0.5) is 0 Å². The number of sulfonamides is 1. The molecule has 0 amide bonds. The fourth-order valence-electron chi connectivity index (χ4n) is 2.81. The smallest absolute Gasteiger partial charge is 0.266 e. The van der Waals surface area contributed by atoms with Crippen molar-refractivity contribution < 1.29 is 8.42 Å². The van der Waals surface area contributed by atoms with Crippen molar-refractivity contribution in [2.75, 3.05) is 13.1 Å². The van der Waals surface area contributed by atoms with Gasteiger partial charge in [0.25, 0.3) is 5.56 Å². The van der Waals surface area contributed by atoms with Gasteiger partial charge >= 0.3 is 0 Å². The summed E-state index contributed by atoms with van der Waals surface area (Å²) in [5.74, 6) is 0.0873. The van der Waals surface area contributed by atoms with Crippen molar-refractivity contribution in [3.05, 3.63) is 39.6 Å². The summed E-state index contributed by atoms with van der Waals surface area (Å²) in [5, 5.41) is 10.8. The minimum absolute atomic E-state index is 0.0873. The fraction of sp³-hybridized carbons (Fsp3) is 0.500. The molecule has 23 heavy (non-hydrogen) atoms. The lowest BCUT2D eigenvalue weighted by molar-refractivity contribution is 0.172. The zero-order chi connectivity index (χ0) is 16.8. The Morgan fingerprint density at radius 1 is 1.26 bits per heavy atom. The van der Waals surface area contributed by atoms with Crippen LogP contribution in [0, 0.1) is 26.7 Å². The van der Waals surface area contributed by atoms with Crippen molar-refractivity contribution in [3.63, 3.8) is 0 Å². The van der Waals surface area contributed by atoms with Crippen molar-refractivity contribution in [2.24, 2.45) is 5.92 Å². The molecule has 9 heteroatoms. The number of aryl methyl sites for hydroxylation is 3. The van der Waals surface area contributed by atoms with Crippen molar-refractivity contribution >= 4 is 10.0 Å². The van der Waals surface area contributed by atoms with Gasteiger partial charge in [-0.05, 0) is 26.8 Å². The van der Waals surface area contributed by atoms with Crippen molar-refractivity contribution in [2.45, 2.75) is 32.2 Å². The van der Waals surface area contributed by atoms with Gasteiger partial charge in [-0.15, -0.1) is 0 Å². The summed E-state index contributed by atoms with van der Waals surface area (Å²) in [6.07, 6.45) is 0. The molecule has 0 aliphatic carbocycles. The Bertz CT molecular complexity index is 874. The van der Waals surface area contributed by atoms with Crippen LogP contribution in [0.3, 0.4) is 0 Å². The van der Waals surface area contributed by atoms with Crippen LogP contribution in [0.5, 0.6) is 0 Å². The Kier molecular flexibility index (Phi) is 3.85. The van der Waals surface area contributed by atoms with Gasteiger partial charge in [0.2, 0.25) is 10.0 Å². The number of aromatic nitrogens is 4. The molecule has 0 radical (unpaired) electrons. The zero-order valence-corrected chi connectivity index (χ0v) is 14.1. The third-order valence-corrected chi connectivity index (χ3v) is 6.11. The zero-order valence-electron chi connectivity index (χ0n) is 13.3. The fourth-order valence-corrected chi connectivity index (χ4v) is 4.73. The molecule has 0 spiro atoms. The van der Waals surface area contributed by atoms with Gasteiger partial charge in [0, 0.05) is 25.1 Å². The number of rotatable bonds is 4. The van der Waals surface area contributed by atoms with Crippen molar-refractivity contribution in [1.82, 2.24) is 24.3 Å². The van der Waals surface area contributed by atoms with Gasteiger partial charge < -0.3 is 0 Å². The third kappa shape index (κ3) is 2.81.